The lowest BCUT2D eigenvalue weighted by Crippen LogP contribution is -2.17. The first kappa shape index (κ1) is 18.1. The fourth-order valence-electron chi connectivity index (χ4n) is 2.90. The molecule has 3 aromatic heterocycles. The molecule has 138 valence electrons. The molecule has 3 rings (SSSR count). The molecular formula is C17H22N6O2S. The third-order valence-electron chi connectivity index (χ3n) is 4.10. The second-order valence-electron chi connectivity index (χ2n) is 5.91. The van der Waals surface area contributed by atoms with Crippen molar-refractivity contribution in [3.05, 3.63) is 53.7 Å². The number of aryl methyl sites for hydroxylation is 2. The number of anilines is 1. The van der Waals surface area contributed by atoms with Crippen LogP contribution in [0, 0.1) is 0 Å². The van der Waals surface area contributed by atoms with E-state index in [2.05, 4.69) is 19.9 Å². The maximum absolute atomic E-state index is 12.9. The fraction of sp³-hybridized carbons (Fsp3) is 0.353. The van der Waals surface area contributed by atoms with Crippen molar-refractivity contribution < 1.29 is 8.42 Å². The van der Waals surface area contributed by atoms with Crippen LogP contribution < -0.4 is 4.72 Å². The number of nitrogens with one attached hydrogen (secondary N) is 1. The van der Waals surface area contributed by atoms with Gasteiger partial charge in [-0.3, -0.25) is 19.1 Å². The van der Waals surface area contributed by atoms with Crippen molar-refractivity contribution >= 4 is 15.8 Å². The summed E-state index contributed by atoms with van der Waals surface area (Å²) in [5.74, 6) is 0.284. The molecule has 0 unspecified atom stereocenters. The molecular weight excluding hydrogens is 352 g/mol. The standard InChI is InChI=1S/C17H22N6O2S/c1-4-14-17(15(5-2)22(3)19-14)26(24,25)21-16-8-11-23(20-16)12-13-6-9-18-10-7-13/h6-11H,4-5,12H2,1-3H3,(H,20,21). The van der Waals surface area contributed by atoms with Crippen LogP contribution in [0.5, 0.6) is 0 Å². The van der Waals surface area contributed by atoms with Crippen LogP contribution in [0.15, 0.2) is 41.7 Å². The van der Waals surface area contributed by atoms with Crippen LogP contribution in [0.25, 0.3) is 0 Å². The summed E-state index contributed by atoms with van der Waals surface area (Å²) in [7, 11) is -1.99. The van der Waals surface area contributed by atoms with Crippen LogP contribution >= 0.6 is 0 Å². The Hall–Kier alpha value is -2.68. The summed E-state index contributed by atoms with van der Waals surface area (Å²) in [4.78, 5) is 4.24. The van der Waals surface area contributed by atoms with Crippen LogP contribution in [-0.2, 0) is 36.5 Å². The number of pyridine rings is 1. The zero-order valence-corrected chi connectivity index (χ0v) is 15.9. The van der Waals surface area contributed by atoms with Crippen LogP contribution in [-0.4, -0.2) is 33.0 Å². The second kappa shape index (κ2) is 7.28. The maximum Gasteiger partial charge on any atom is 0.266 e. The molecule has 3 heterocycles. The first-order valence-corrected chi connectivity index (χ1v) is 9.92. The molecule has 8 nitrogen and oxygen atoms in total. The van der Waals surface area contributed by atoms with Gasteiger partial charge in [0.15, 0.2) is 5.82 Å². The second-order valence-corrected chi connectivity index (χ2v) is 7.53. The number of aromatic nitrogens is 5. The molecule has 0 fully saturated rings. The van der Waals surface area contributed by atoms with Crippen molar-refractivity contribution in [2.24, 2.45) is 7.05 Å². The van der Waals surface area contributed by atoms with Gasteiger partial charge in [0.1, 0.15) is 4.90 Å². The summed E-state index contributed by atoms with van der Waals surface area (Å²) in [6, 6.07) is 5.43. The molecule has 0 saturated heterocycles. The van der Waals surface area contributed by atoms with Gasteiger partial charge in [0.2, 0.25) is 0 Å². The Morgan fingerprint density at radius 2 is 1.81 bits per heavy atom. The zero-order chi connectivity index (χ0) is 18.7. The van der Waals surface area contributed by atoms with Gasteiger partial charge < -0.3 is 0 Å². The van der Waals surface area contributed by atoms with E-state index in [4.69, 9.17) is 0 Å². The molecule has 0 amide bonds. The molecule has 0 radical (unpaired) electrons. The van der Waals surface area contributed by atoms with Gasteiger partial charge in [0.25, 0.3) is 10.0 Å². The normalized spacial score (nSPS) is 11.7. The molecule has 0 aliphatic heterocycles. The van der Waals surface area contributed by atoms with E-state index < -0.39 is 10.0 Å². The monoisotopic (exact) mass is 374 g/mol. The third-order valence-corrected chi connectivity index (χ3v) is 5.58. The topological polar surface area (TPSA) is 94.7 Å². The van der Waals surface area contributed by atoms with Gasteiger partial charge in [-0.05, 0) is 30.5 Å². The molecule has 0 aliphatic carbocycles. The van der Waals surface area contributed by atoms with Crippen molar-refractivity contribution in [2.75, 3.05) is 4.72 Å². The summed E-state index contributed by atoms with van der Waals surface area (Å²) in [6.45, 7) is 4.35. The quantitative estimate of drug-likeness (QED) is 0.682. The molecule has 0 saturated carbocycles. The van der Waals surface area contributed by atoms with E-state index in [-0.39, 0.29) is 10.7 Å². The Balaban J connectivity index is 1.85. The minimum atomic E-state index is -3.76. The van der Waals surface area contributed by atoms with Gasteiger partial charge >= 0.3 is 0 Å². The lowest BCUT2D eigenvalue weighted by atomic mass is 10.2. The highest BCUT2D eigenvalue weighted by molar-refractivity contribution is 7.92. The molecule has 3 aromatic rings. The van der Waals surface area contributed by atoms with Crippen LogP contribution in [0.4, 0.5) is 5.82 Å². The minimum absolute atomic E-state index is 0.258. The lowest BCUT2D eigenvalue weighted by Gasteiger charge is -2.08. The van der Waals surface area contributed by atoms with Crippen LogP contribution in [0.3, 0.4) is 0 Å². The highest BCUT2D eigenvalue weighted by Gasteiger charge is 2.27. The Kier molecular flexibility index (Phi) is 5.08. The lowest BCUT2D eigenvalue weighted by molar-refractivity contribution is 0.598. The van der Waals surface area contributed by atoms with Crippen LogP contribution in [0.2, 0.25) is 0 Å². The Bertz CT molecular complexity index is 992. The number of nitrogens with zero attached hydrogens (tertiary/aromatic N) is 5. The van der Waals surface area contributed by atoms with Crippen molar-refractivity contribution in [3.8, 4) is 0 Å². The van der Waals surface area contributed by atoms with E-state index >= 15 is 0 Å². The molecule has 0 aromatic carbocycles. The zero-order valence-electron chi connectivity index (χ0n) is 15.0. The maximum atomic E-state index is 12.9. The molecule has 0 aliphatic rings. The largest absolute Gasteiger partial charge is 0.271 e. The predicted molar refractivity (Wildman–Crippen MR) is 98.3 cm³/mol. The molecule has 1 N–H and O–H groups in total. The van der Waals surface area contributed by atoms with E-state index in [0.717, 1.165) is 5.56 Å². The van der Waals surface area contributed by atoms with Gasteiger partial charge in [-0.15, -0.1) is 0 Å². The summed E-state index contributed by atoms with van der Waals surface area (Å²) in [6.07, 6.45) is 6.28. The number of hydrogen-bond donors (Lipinski definition) is 1. The molecule has 26 heavy (non-hydrogen) atoms. The Morgan fingerprint density at radius 3 is 2.46 bits per heavy atom. The number of hydrogen-bond acceptors (Lipinski definition) is 5. The number of sulfonamides is 1. The van der Waals surface area contributed by atoms with Crippen molar-refractivity contribution in [1.29, 1.82) is 0 Å². The van der Waals surface area contributed by atoms with Gasteiger partial charge in [0, 0.05) is 31.7 Å². The van der Waals surface area contributed by atoms with E-state index in [1.54, 1.807) is 41.1 Å². The van der Waals surface area contributed by atoms with Gasteiger partial charge in [0.05, 0.1) is 17.9 Å². The van der Waals surface area contributed by atoms with E-state index in [0.29, 0.717) is 30.8 Å². The van der Waals surface area contributed by atoms with E-state index in [9.17, 15) is 8.42 Å². The smallest absolute Gasteiger partial charge is 0.266 e. The van der Waals surface area contributed by atoms with E-state index in [1.165, 1.54) is 0 Å². The van der Waals surface area contributed by atoms with Gasteiger partial charge in [-0.1, -0.05) is 13.8 Å². The SMILES string of the molecule is CCc1nn(C)c(CC)c1S(=O)(=O)Nc1ccn(Cc2ccncc2)n1. The number of rotatable bonds is 7. The predicted octanol–water partition coefficient (Wildman–Crippen LogP) is 1.99. The summed E-state index contributed by atoms with van der Waals surface area (Å²) < 4.78 is 31.7. The highest BCUT2D eigenvalue weighted by Crippen LogP contribution is 2.23. The van der Waals surface area contributed by atoms with Crippen molar-refractivity contribution in [2.45, 2.75) is 38.1 Å². The molecule has 9 heteroatoms. The first-order valence-electron chi connectivity index (χ1n) is 8.44. The van der Waals surface area contributed by atoms with Gasteiger partial charge in [-0.2, -0.15) is 10.2 Å². The summed E-state index contributed by atoms with van der Waals surface area (Å²) in [5.41, 5.74) is 2.28. The average Bonchev–Trinajstić information content (AvgIpc) is 3.18. The average molecular weight is 374 g/mol. The molecule has 0 spiro atoms. The first-order chi connectivity index (χ1) is 12.4. The summed E-state index contributed by atoms with van der Waals surface area (Å²) in [5, 5.41) is 8.65. The Labute approximate surface area is 152 Å². The van der Waals surface area contributed by atoms with Crippen molar-refractivity contribution in [1.82, 2.24) is 24.5 Å². The van der Waals surface area contributed by atoms with Gasteiger partial charge in [-0.25, -0.2) is 8.42 Å². The Morgan fingerprint density at radius 1 is 1.08 bits per heavy atom. The minimum Gasteiger partial charge on any atom is -0.271 e. The highest BCUT2D eigenvalue weighted by atomic mass is 32.2. The molecule has 0 bridgehead atoms. The van der Waals surface area contributed by atoms with Crippen LogP contribution in [0.1, 0.15) is 30.8 Å². The summed E-state index contributed by atoms with van der Waals surface area (Å²) >= 11 is 0. The van der Waals surface area contributed by atoms with Crippen molar-refractivity contribution in [3.63, 3.8) is 0 Å². The fourth-order valence-corrected chi connectivity index (χ4v) is 4.47. The van der Waals surface area contributed by atoms with E-state index in [1.807, 2.05) is 26.0 Å². The third kappa shape index (κ3) is 3.62. The molecule has 0 atom stereocenters.